The highest BCUT2D eigenvalue weighted by Crippen LogP contribution is 2.23. The van der Waals surface area contributed by atoms with Gasteiger partial charge in [0.25, 0.3) is 5.91 Å². The van der Waals surface area contributed by atoms with Crippen LogP contribution in [0.25, 0.3) is 0 Å². The molecule has 1 saturated heterocycles. The Balaban J connectivity index is 1.55. The van der Waals surface area contributed by atoms with Gasteiger partial charge < -0.3 is 15.4 Å². The van der Waals surface area contributed by atoms with Crippen LogP contribution in [0.2, 0.25) is 0 Å². The van der Waals surface area contributed by atoms with E-state index in [9.17, 15) is 13.6 Å². The summed E-state index contributed by atoms with van der Waals surface area (Å²) in [5.41, 5.74) is 5.94. The summed E-state index contributed by atoms with van der Waals surface area (Å²) in [5, 5.41) is 2.61. The second kappa shape index (κ2) is 7.88. The average molecular weight is 367 g/mol. The number of thiazole rings is 1. The normalized spacial score (nSPS) is 15.4. The fourth-order valence-corrected chi connectivity index (χ4v) is 3.52. The second-order valence-electron chi connectivity index (χ2n) is 5.85. The summed E-state index contributed by atoms with van der Waals surface area (Å²) in [7, 11) is 0. The van der Waals surface area contributed by atoms with Crippen LogP contribution in [-0.4, -0.2) is 41.5 Å². The minimum absolute atomic E-state index is 0.0390. The number of carbonyl (C=O) groups excluding carboxylic acids is 1. The zero-order valence-electron chi connectivity index (χ0n) is 13.6. The number of ether oxygens (including phenoxy) is 1. The maximum Gasteiger partial charge on any atom is 0.273 e. The van der Waals surface area contributed by atoms with Crippen molar-refractivity contribution < 1.29 is 18.3 Å². The molecule has 25 heavy (non-hydrogen) atoms. The Morgan fingerprint density at radius 2 is 2.12 bits per heavy atom. The van der Waals surface area contributed by atoms with Crippen LogP contribution < -0.4 is 10.5 Å². The number of carbonyl (C=O) groups is 1. The molecule has 0 bridgehead atoms. The maximum absolute atomic E-state index is 13.7. The minimum Gasteiger partial charge on any atom is -0.487 e. The van der Waals surface area contributed by atoms with E-state index in [0.717, 1.165) is 17.1 Å². The summed E-state index contributed by atoms with van der Waals surface area (Å²) in [4.78, 5) is 18.5. The molecule has 2 N–H and O–H groups in total. The zero-order valence-corrected chi connectivity index (χ0v) is 14.4. The topological polar surface area (TPSA) is 68.5 Å². The van der Waals surface area contributed by atoms with E-state index >= 15 is 0 Å². The molecule has 5 nitrogen and oxygen atoms in total. The molecule has 2 aromatic rings. The first-order valence-corrected chi connectivity index (χ1v) is 9.00. The minimum atomic E-state index is -0.714. The number of nitrogens with zero attached hydrogens (tertiary/aromatic N) is 2. The van der Waals surface area contributed by atoms with Crippen LogP contribution in [0.3, 0.4) is 0 Å². The van der Waals surface area contributed by atoms with Gasteiger partial charge in [0.2, 0.25) is 0 Å². The summed E-state index contributed by atoms with van der Waals surface area (Å²) in [6.45, 7) is 1.52. The van der Waals surface area contributed by atoms with Gasteiger partial charge in [-0.15, -0.1) is 11.3 Å². The standard InChI is InChI=1S/C17H19F2N3O2S/c18-11-1-2-15(13(19)9-11)24-12-4-7-22(8-5-12)17(23)14-10-25-16(21-14)3-6-20/h1-2,9-10,12H,3-8,20H2. The van der Waals surface area contributed by atoms with E-state index < -0.39 is 11.6 Å². The van der Waals surface area contributed by atoms with Crippen molar-refractivity contribution in [2.75, 3.05) is 19.6 Å². The number of amides is 1. The van der Waals surface area contributed by atoms with Crippen LogP contribution in [0.4, 0.5) is 8.78 Å². The lowest BCUT2D eigenvalue weighted by atomic mass is 10.1. The van der Waals surface area contributed by atoms with Gasteiger partial charge in [0.1, 0.15) is 17.6 Å². The van der Waals surface area contributed by atoms with Gasteiger partial charge in [-0.3, -0.25) is 4.79 Å². The number of nitrogens with two attached hydrogens (primary N) is 1. The molecule has 0 atom stereocenters. The monoisotopic (exact) mass is 367 g/mol. The Morgan fingerprint density at radius 1 is 1.36 bits per heavy atom. The first-order chi connectivity index (χ1) is 12.1. The lowest BCUT2D eigenvalue weighted by molar-refractivity contribution is 0.0583. The van der Waals surface area contributed by atoms with Crippen molar-refractivity contribution in [1.82, 2.24) is 9.88 Å². The van der Waals surface area contributed by atoms with Gasteiger partial charge in [-0.1, -0.05) is 0 Å². The quantitative estimate of drug-likeness (QED) is 0.882. The Morgan fingerprint density at radius 3 is 2.80 bits per heavy atom. The number of halogens is 2. The summed E-state index contributed by atoms with van der Waals surface area (Å²) in [6, 6.07) is 3.25. The number of hydrogen-bond acceptors (Lipinski definition) is 5. The molecule has 1 aliphatic rings. The van der Waals surface area contributed by atoms with E-state index in [1.807, 2.05) is 0 Å². The van der Waals surface area contributed by atoms with Gasteiger partial charge in [-0.2, -0.15) is 0 Å². The highest BCUT2D eigenvalue weighted by atomic mass is 32.1. The van der Waals surface area contributed by atoms with Crippen molar-refractivity contribution in [3.05, 3.63) is 45.9 Å². The predicted octanol–water partition coefficient (Wildman–Crippen LogP) is 2.61. The molecular weight excluding hydrogens is 348 g/mol. The number of rotatable bonds is 5. The van der Waals surface area contributed by atoms with E-state index in [0.29, 0.717) is 44.6 Å². The third-order valence-electron chi connectivity index (χ3n) is 4.05. The molecule has 0 aliphatic carbocycles. The van der Waals surface area contributed by atoms with Crippen molar-refractivity contribution in [1.29, 1.82) is 0 Å². The van der Waals surface area contributed by atoms with Crippen LogP contribution in [0, 0.1) is 11.6 Å². The summed E-state index contributed by atoms with van der Waals surface area (Å²) in [6.07, 6.45) is 1.63. The Labute approximate surface area is 148 Å². The average Bonchev–Trinajstić information content (AvgIpc) is 3.06. The van der Waals surface area contributed by atoms with Gasteiger partial charge in [-0.25, -0.2) is 13.8 Å². The Bertz CT molecular complexity index is 745. The van der Waals surface area contributed by atoms with E-state index in [1.165, 1.54) is 17.4 Å². The highest BCUT2D eigenvalue weighted by Gasteiger charge is 2.26. The molecule has 8 heteroatoms. The predicted molar refractivity (Wildman–Crippen MR) is 90.8 cm³/mol. The molecule has 0 spiro atoms. The van der Waals surface area contributed by atoms with Crippen molar-refractivity contribution >= 4 is 17.2 Å². The number of hydrogen-bond donors (Lipinski definition) is 1. The van der Waals surface area contributed by atoms with Gasteiger partial charge >= 0.3 is 0 Å². The number of benzene rings is 1. The fourth-order valence-electron chi connectivity index (χ4n) is 2.74. The number of likely N-dealkylation sites (tertiary alicyclic amines) is 1. The summed E-state index contributed by atoms with van der Waals surface area (Å²) < 4.78 is 32.2. The van der Waals surface area contributed by atoms with Crippen molar-refractivity contribution in [3.8, 4) is 5.75 Å². The van der Waals surface area contributed by atoms with Gasteiger partial charge in [0, 0.05) is 43.8 Å². The fraction of sp³-hybridized carbons (Fsp3) is 0.412. The van der Waals surface area contributed by atoms with E-state index in [-0.39, 0.29) is 17.8 Å². The zero-order chi connectivity index (χ0) is 17.8. The highest BCUT2D eigenvalue weighted by molar-refractivity contribution is 7.09. The van der Waals surface area contributed by atoms with Gasteiger partial charge in [0.15, 0.2) is 11.6 Å². The summed E-state index contributed by atoms with van der Waals surface area (Å²) >= 11 is 1.44. The van der Waals surface area contributed by atoms with Crippen molar-refractivity contribution in [3.63, 3.8) is 0 Å². The summed E-state index contributed by atoms with van der Waals surface area (Å²) in [5.74, 6) is -1.42. The van der Waals surface area contributed by atoms with Gasteiger partial charge in [-0.05, 0) is 18.7 Å². The molecular formula is C17H19F2N3O2S. The molecule has 1 amide bonds. The van der Waals surface area contributed by atoms with Crippen molar-refractivity contribution in [2.45, 2.75) is 25.4 Å². The molecule has 1 aliphatic heterocycles. The molecule has 134 valence electrons. The number of aromatic nitrogens is 1. The first-order valence-electron chi connectivity index (χ1n) is 8.12. The molecule has 2 heterocycles. The van der Waals surface area contributed by atoms with Crippen LogP contribution in [0.1, 0.15) is 28.3 Å². The second-order valence-corrected chi connectivity index (χ2v) is 6.79. The molecule has 0 radical (unpaired) electrons. The molecule has 0 saturated carbocycles. The molecule has 1 aromatic carbocycles. The third-order valence-corrected chi connectivity index (χ3v) is 4.95. The molecule has 3 rings (SSSR count). The van der Waals surface area contributed by atoms with Crippen LogP contribution in [0.15, 0.2) is 23.6 Å². The smallest absolute Gasteiger partial charge is 0.273 e. The lowest BCUT2D eigenvalue weighted by Gasteiger charge is -2.31. The molecule has 1 aromatic heterocycles. The van der Waals surface area contributed by atoms with E-state index in [2.05, 4.69) is 4.98 Å². The van der Waals surface area contributed by atoms with Crippen molar-refractivity contribution in [2.24, 2.45) is 5.73 Å². The van der Waals surface area contributed by atoms with Crippen LogP contribution >= 0.6 is 11.3 Å². The Kier molecular flexibility index (Phi) is 5.60. The first kappa shape index (κ1) is 17.8. The molecule has 0 unspecified atom stereocenters. The Hall–Kier alpha value is -2.06. The van der Waals surface area contributed by atoms with E-state index in [4.69, 9.17) is 10.5 Å². The third kappa shape index (κ3) is 4.32. The SMILES string of the molecule is NCCc1nc(C(=O)N2CCC(Oc3ccc(F)cc3F)CC2)cs1. The van der Waals surface area contributed by atoms with Crippen LogP contribution in [-0.2, 0) is 6.42 Å². The molecule has 1 fully saturated rings. The largest absolute Gasteiger partial charge is 0.487 e. The maximum atomic E-state index is 13.7. The number of piperidine rings is 1. The van der Waals surface area contributed by atoms with Crippen LogP contribution in [0.5, 0.6) is 5.75 Å². The lowest BCUT2D eigenvalue weighted by Crippen LogP contribution is -2.42. The van der Waals surface area contributed by atoms with Gasteiger partial charge in [0.05, 0.1) is 5.01 Å². The van der Waals surface area contributed by atoms with E-state index in [1.54, 1.807) is 10.3 Å².